The van der Waals surface area contributed by atoms with E-state index in [1.807, 2.05) is 0 Å². The second-order valence-corrected chi connectivity index (χ2v) is 8.31. The molecule has 0 bridgehead atoms. The van der Waals surface area contributed by atoms with Gasteiger partial charge in [0.05, 0.1) is 18.1 Å². The molecule has 2 aliphatic heterocycles. The molecule has 7 heteroatoms. The molecule has 0 amide bonds. The quantitative estimate of drug-likeness (QED) is 0.803. The van der Waals surface area contributed by atoms with Crippen molar-refractivity contribution in [1.29, 1.82) is 0 Å². The molecule has 2 saturated heterocycles. The van der Waals surface area contributed by atoms with Crippen LogP contribution in [0.25, 0.3) is 0 Å². The second-order valence-electron chi connectivity index (χ2n) is 6.37. The predicted molar refractivity (Wildman–Crippen MR) is 91.8 cm³/mol. The van der Waals surface area contributed by atoms with Gasteiger partial charge in [0, 0.05) is 32.8 Å². The molecule has 0 spiro atoms. The topological polar surface area (TPSA) is 59.1 Å². The summed E-state index contributed by atoms with van der Waals surface area (Å²) in [6.07, 6.45) is 3.41. The van der Waals surface area contributed by atoms with E-state index in [9.17, 15) is 8.42 Å². The fourth-order valence-corrected chi connectivity index (χ4v) is 4.81. The monoisotopic (exact) mass is 354 g/mol. The molecule has 6 nitrogen and oxygen atoms in total. The van der Waals surface area contributed by atoms with Gasteiger partial charge in [0.15, 0.2) is 0 Å². The Kier molecular flexibility index (Phi) is 5.76. The van der Waals surface area contributed by atoms with Crippen LogP contribution >= 0.6 is 0 Å². The largest absolute Gasteiger partial charge is 0.497 e. The van der Waals surface area contributed by atoms with Crippen molar-refractivity contribution < 1.29 is 17.9 Å². The van der Waals surface area contributed by atoms with Crippen molar-refractivity contribution in [2.75, 3.05) is 46.4 Å². The van der Waals surface area contributed by atoms with Gasteiger partial charge >= 0.3 is 0 Å². The number of sulfonamides is 1. The van der Waals surface area contributed by atoms with E-state index in [1.54, 1.807) is 35.7 Å². The molecule has 0 saturated carbocycles. The van der Waals surface area contributed by atoms with Crippen molar-refractivity contribution in [3.63, 3.8) is 0 Å². The van der Waals surface area contributed by atoms with Crippen LogP contribution in [0.15, 0.2) is 29.2 Å². The maximum absolute atomic E-state index is 12.8. The molecule has 2 aliphatic rings. The summed E-state index contributed by atoms with van der Waals surface area (Å²) >= 11 is 0. The van der Waals surface area contributed by atoms with Gasteiger partial charge in [0.1, 0.15) is 5.75 Å². The van der Waals surface area contributed by atoms with Crippen LogP contribution in [-0.4, -0.2) is 70.2 Å². The zero-order valence-corrected chi connectivity index (χ0v) is 15.0. The maximum atomic E-state index is 12.8. The van der Waals surface area contributed by atoms with Crippen LogP contribution in [0.1, 0.15) is 19.3 Å². The number of hydrogen-bond acceptors (Lipinski definition) is 5. The molecule has 3 rings (SSSR count). The third kappa shape index (κ3) is 4.08. The van der Waals surface area contributed by atoms with Gasteiger partial charge in [-0.2, -0.15) is 4.31 Å². The van der Waals surface area contributed by atoms with Gasteiger partial charge in [-0.05, 0) is 50.1 Å². The average Bonchev–Trinajstić information content (AvgIpc) is 2.98. The van der Waals surface area contributed by atoms with E-state index in [-0.39, 0.29) is 0 Å². The Labute approximate surface area is 144 Å². The fourth-order valence-electron chi connectivity index (χ4n) is 3.34. The van der Waals surface area contributed by atoms with E-state index in [4.69, 9.17) is 9.47 Å². The first-order valence-corrected chi connectivity index (χ1v) is 10.0. The number of benzene rings is 1. The van der Waals surface area contributed by atoms with Crippen molar-refractivity contribution >= 4 is 10.0 Å². The standard InChI is InChI=1S/C17H26N2O4S/c1-22-15-5-7-17(8-6-15)24(20,21)19-10-3-9-18(11-12-19)14-16-4-2-13-23-16/h5-8,16H,2-4,9-14H2,1H3. The maximum Gasteiger partial charge on any atom is 0.243 e. The summed E-state index contributed by atoms with van der Waals surface area (Å²) in [7, 11) is -1.87. The molecular formula is C17H26N2O4S. The minimum Gasteiger partial charge on any atom is -0.497 e. The van der Waals surface area contributed by atoms with Gasteiger partial charge < -0.3 is 9.47 Å². The number of methoxy groups -OCH3 is 1. The number of nitrogens with zero attached hydrogens (tertiary/aromatic N) is 2. The van der Waals surface area contributed by atoms with Gasteiger partial charge in [-0.1, -0.05) is 0 Å². The molecule has 0 radical (unpaired) electrons. The second kappa shape index (κ2) is 7.82. The van der Waals surface area contributed by atoms with Gasteiger partial charge in [0.2, 0.25) is 10.0 Å². The van der Waals surface area contributed by atoms with Crippen molar-refractivity contribution in [3.05, 3.63) is 24.3 Å². The summed E-state index contributed by atoms with van der Waals surface area (Å²) < 4.78 is 38.1. The molecule has 0 aromatic heterocycles. The smallest absolute Gasteiger partial charge is 0.243 e. The lowest BCUT2D eigenvalue weighted by molar-refractivity contribution is 0.0749. The highest BCUT2D eigenvalue weighted by Crippen LogP contribution is 2.21. The first-order valence-electron chi connectivity index (χ1n) is 8.58. The van der Waals surface area contributed by atoms with Crippen LogP contribution in [0.3, 0.4) is 0 Å². The highest BCUT2D eigenvalue weighted by Gasteiger charge is 2.28. The molecule has 2 fully saturated rings. The number of hydrogen-bond donors (Lipinski definition) is 0. The van der Waals surface area contributed by atoms with Gasteiger partial charge in [-0.15, -0.1) is 0 Å². The molecule has 2 heterocycles. The van der Waals surface area contributed by atoms with E-state index in [2.05, 4.69) is 4.90 Å². The average molecular weight is 354 g/mol. The minimum absolute atomic E-state index is 0.315. The number of rotatable bonds is 5. The Morgan fingerprint density at radius 3 is 2.58 bits per heavy atom. The third-order valence-electron chi connectivity index (χ3n) is 4.73. The minimum atomic E-state index is -3.44. The molecule has 24 heavy (non-hydrogen) atoms. The predicted octanol–water partition coefficient (Wildman–Crippen LogP) is 1.57. The summed E-state index contributed by atoms with van der Waals surface area (Å²) in [4.78, 5) is 2.66. The summed E-state index contributed by atoms with van der Waals surface area (Å²) in [5.74, 6) is 0.660. The van der Waals surface area contributed by atoms with Crippen LogP contribution < -0.4 is 4.74 Å². The van der Waals surface area contributed by atoms with Gasteiger partial charge in [-0.25, -0.2) is 8.42 Å². The molecule has 1 aromatic rings. The number of ether oxygens (including phenoxy) is 2. The highest BCUT2D eigenvalue weighted by molar-refractivity contribution is 7.89. The van der Waals surface area contributed by atoms with Crippen molar-refractivity contribution in [2.24, 2.45) is 0 Å². The highest BCUT2D eigenvalue weighted by atomic mass is 32.2. The molecular weight excluding hydrogens is 328 g/mol. The first kappa shape index (κ1) is 17.7. The summed E-state index contributed by atoms with van der Waals surface area (Å²) in [5.41, 5.74) is 0. The SMILES string of the molecule is COc1ccc(S(=O)(=O)N2CCCN(CC3CCCO3)CC2)cc1. The Hall–Kier alpha value is -1.15. The van der Waals surface area contributed by atoms with Crippen molar-refractivity contribution in [2.45, 2.75) is 30.3 Å². The summed E-state index contributed by atoms with van der Waals surface area (Å²) in [6.45, 7) is 4.55. The van der Waals surface area contributed by atoms with Crippen LogP contribution in [0, 0.1) is 0 Å². The Balaban J connectivity index is 1.63. The first-order chi connectivity index (χ1) is 11.6. The Morgan fingerprint density at radius 2 is 1.92 bits per heavy atom. The molecule has 1 atom stereocenters. The Bertz CT molecular complexity index is 626. The van der Waals surface area contributed by atoms with Crippen molar-refractivity contribution in [1.82, 2.24) is 9.21 Å². The van der Waals surface area contributed by atoms with E-state index in [0.29, 0.717) is 29.8 Å². The zero-order chi connectivity index (χ0) is 17.0. The molecule has 1 aromatic carbocycles. The molecule has 0 aliphatic carbocycles. The van der Waals surface area contributed by atoms with E-state index >= 15 is 0 Å². The lowest BCUT2D eigenvalue weighted by Crippen LogP contribution is -2.37. The summed E-state index contributed by atoms with van der Waals surface area (Å²) in [6, 6.07) is 6.61. The normalized spacial score (nSPS) is 24.0. The van der Waals surface area contributed by atoms with Crippen molar-refractivity contribution in [3.8, 4) is 5.75 Å². The summed E-state index contributed by atoms with van der Waals surface area (Å²) in [5, 5.41) is 0. The Morgan fingerprint density at radius 1 is 1.12 bits per heavy atom. The van der Waals surface area contributed by atoms with E-state index in [1.165, 1.54) is 0 Å². The van der Waals surface area contributed by atoms with Crippen LogP contribution in [0.2, 0.25) is 0 Å². The van der Waals surface area contributed by atoms with Crippen LogP contribution in [0.5, 0.6) is 5.75 Å². The van der Waals surface area contributed by atoms with Crippen LogP contribution in [-0.2, 0) is 14.8 Å². The third-order valence-corrected chi connectivity index (χ3v) is 6.64. The van der Waals surface area contributed by atoms with E-state index in [0.717, 1.165) is 45.5 Å². The fraction of sp³-hybridized carbons (Fsp3) is 0.647. The lowest BCUT2D eigenvalue weighted by atomic mass is 10.2. The van der Waals surface area contributed by atoms with Crippen LogP contribution in [0.4, 0.5) is 0 Å². The van der Waals surface area contributed by atoms with Gasteiger partial charge in [0.25, 0.3) is 0 Å². The molecule has 0 N–H and O–H groups in total. The van der Waals surface area contributed by atoms with E-state index < -0.39 is 10.0 Å². The van der Waals surface area contributed by atoms with Gasteiger partial charge in [-0.3, -0.25) is 4.90 Å². The molecule has 1 unspecified atom stereocenters. The molecule has 134 valence electrons. The lowest BCUT2D eigenvalue weighted by Gasteiger charge is -2.24. The zero-order valence-electron chi connectivity index (χ0n) is 14.2.